The first-order valence-corrected chi connectivity index (χ1v) is 8.47. The van der Waals surface area contributed by atoms with Gasteiger partial charge in [-0.1, -0.05) is 17.7 Å². The van der Waals surface area contributed by atoms with Gasteiger partial charge in [-0.05, 0) is 19.1 Å². The van der Waals surface area contributed by atoms with E-state index in [9.17, 15) is 9.18 Å². The summed E-state index contributed by atoms with van der Waals surface area (Å²) >= 11 is 6.21. The molecule has 0 spiro atoms. The molecule has 2 aromatic heterocycles. The van der Waals surface area contributed by atoms with E-state index in [1.54, 1.807) is 10.7 Å². The first kappa shape index (κ1) is 18.7. The molecule has 0 saturated heterocycles. The third-order valence-electron chi connectivity index (χ3n) is 3.88. The van der Waals surface area contributed by atoms with Crippen LogP contribution in [0.5, 0.6) is 0 Å². The average Bonchev–Trinajstić information content (AvgIpc) is 2.95. The standard InChI is InChI=1S/C18H18ClFN6O/c1-10-15(9-26(3)25-10)23-16-7-14(12(19)8-22-16)24-17-11(18(27)21-2)5-4-6-13(17)20/h4-9H,1-3H3,(H,21,27)(H2,22,23,24). The van der Waals surface area contributed by atoms with Crippen molar-refractivity contribution in [1.29, 1.82) is 0 Å². The molecule has 0 aliphatic heterocycles. The number of hydrogen-bond donors (Lipinski definition) is 3. The molecular weight excluding hydrogens is 371 g/mol. The predicted octanol–water partition coefficient (Wildman–Crippen LogP) is 3.76. The Balaban J connectivity index is 1.94. The van der Waals surface area contributed by atoms with Crippen molar-refractivity contribution in [1.82, 2.24) is 20.1 Å². The molecule has 7 nitrogen and oxygen atoms in total. The number of amides is 1. The molecule has 140 valence electrons. The van der Waals surface area contributed by atoms with Crippen LogP contribution >= 0.6 is 11.6 Å². The van der Waals surface area contributed by atoms with Gasteiger partial charge in [-0.2, -0.15) is 5.10 Å². The molecule has 9 heteroatoms. The van der Waals surface area contributed by atoms with E-state index in [2.05, 4.69) is 26.0 Å². The normalized spacial score (nSPS) is 10.6. The van der Waals surface area contributed by atoms with Crippen LogP contribution in [0.3, 0.4) is 0 Å². The van der Waals surface area contributed by atoms with Gasteiger partial charge in [0.2, 0.25) is 0 Å². The Labute approximate surface area is 160 Å². The highest BCUT2D eigenvalue weighted by atomic mass is 35.5. The summed E-state index contributed by atoms with van der Waals surface area (Å²) in [6.45, 7) is 1.87. The highest BCUT2D eigenvalue weighted by Crippen LogP contribution is 2.31. The number of halogens is 2. The summed E-state index contributed by atoms with van der Waals surface area (Å²) in [7, 11) is 3.30. The second-order valence-corrected chi connectivity index (χ2v) is 6.25. The average molecular weight is 389 g/mol. The zero-order chi connectivity index (χ0) is 19.6. The van der Waals surface area contributed by atoms with Gasteiger partial charge in [0, 0.05) is 26.4 Å². The molecule has 0 atom stereocenters. The van der Waals surface area contributed by atoms with E-state index >= 15 is 0 Å². The van der Waals surface area contributed by atoms with Crippen LogP contribution in [0, 0.1) is 12.7 Å². The molecule has 2 heterocycles. The number of para-hydroxylation sites is 1. The van der Waals surface area contributed by atoms with Crippen molar-refractivity contribution in [3.05, 3.63) is 58.8 Å². The summed E-state index contributed by atoms with van der Waals surface area (Å²) in [5, 5.41) is 13.1. The summed E-state index contributed by atoms with van der Waals surface area (Å²) in [6.07, 6.45) is 3.26. The molecule has 0 aliphatic rings. The fourth-order valence-corrected chi connectivity index (χ4v) is 2.72. The molecule has 0 aliphatic carbocycles. The Morgan fingerprint density at radius 2 is 2.04 bits per heavy atom. The minimum absolute atomic E-state index is 0.0356. The van der Waals surface area contributed by atoms with Gasteiger partial charge in [-0.3, -0.25) is 9.48 Å². The van der Waals surface area contributed by atoms with Crippen molar-refractivity contribution in [2.75, 3.05) is 17.7 Å². The topological polar surface area (TPSA) is 83.9 Å². The van der Waals surface area contributed by atoms with E-state index in [-0.39, 0.29) is 16.3 Å². The number of aryl methyl sites for hydroxylation is 2. The number of anilines is 4. The quantitative estimate of drug-likeness (QED) is 0.619. The molecule has 0 bridgehead atoms. The zero-order valence-corrected chi connectivity index (χ0v) is 15.7. The van der Waals surface area contributed by atoms with Crippen LogP contribution in [0.1, 0.15) is 16.1 Å². The lowest BCUT2D eigenvalue weighted by molar-refractivity contribution is 0.0963. The third-order valence-corrected chi connectivity index (χ3v) is 4.18. The second-order valence-electron chi connectivity index (χ2n) is 5.84. The van der Waals surface area contributed by atoms with Crippen LogP contribution in [-0.2, 0) is 7.05 Å². The highest BCUT2D eigenvalue weighted by molar-refractivity contribution is 6.33. The number of rotatable bonds is 5. The Kier molecular flexibility index (Phi) is 5.27. The Morgan fingerprint density at radius 1 is 1.26 bits per heavy atom. The number of carbonyl (C=O) groups is 1. The van der Waals surface area contributed by atoms with Crippen molar-refractivity contribution in [3.8, 4) is 0 Å². The lowest BCUT2D eigenvalue weighted by atomic mass is 10.1. The number of pyridine rings is 1. The first-order chi connectivity index (χ1) is 12.9. The number of nitrogens with one attached hydrogen (secondary N) is 3. The smallest absolute Gasteiger partial charge is 0.253 e. The Hall–Kier alpha value is -3.13. The number of aromatic nitrogens is 3. The van der Waals surface area contributed by atoms with Gasteiger partial charge in [0.25, 0.3) is 5.91 Å². The fraction of sp³-hybridized carbons (Fsp3) is 0.167. The van der Waals surface area contributed by atoms with E-state index in [0.29, 0.717) is 11.5 Å². The van der Waals surface area contributed by atoms with E-state index in [1.807, 2.05) is 20.2 Å². The molecule has 1 amide bonds. The number of carbonyl (C=O) groups excluding carboxylic acids is 1. The van der Waals surface area contributed by atoms with Crippen LogP contribution in [0.25, 0.3) is 0 Å². The lowest BCUT2D eigenvalue weighted by Gasteiger charge is -2.14. The van der Waals surface area contributed by atoms with Crippen LogP contribution in [0.4, 0.5) is 27.3 Å². The maximum atomic E-state index is 14.3. The molecule has 1 aromatic carbocycles. The molecular formula is C18H18ClFN6O. The van der Waals surface area contributed by atoms with Crippen LogP contribution in [0.2, 0.25) is 5.02 Å². The Morgan fingerprint density at radius 3 is 2.70 bits per heavy atom. The summed E-state index contributed by atoms with van der Waals surface area (Å²) in [5.41, 5.74) is 2.21. The highest BCUT2D eigenvalue weighted by Gasteiger charge is 2.16. The third kappa shape index (κ3) is 4.01. The number of nitrogens with zero attached hydrogens (tertiary/aromatic N) is 3. The maximum Gasteiger partial charge on any atom is 0.253 e. The molecule has 3 N–H and O–H groups in total. The minimum Gasteiger partial charge on any atom is -0.355 e. The number of benzene rings is 1. The fourth-order valence-electron chi connectivity index (χ4n) is 2.57. The molecule has 3 rings (SSSR count). The van der Waals surface area contributed by atoms with Crippen molar-refractivity contribution in [2.24, 2.45) is 7.05 Å². The monoisotopic (exact) mass is 388 g/mol. The van der Waals surface area contributed by atoms with Gasteiger partial charge in [0.05, 0.1) is 39.5 Å². The van der Waals surface area contributed by atoms with Crippen LogP contribution < -0.4 is 16.0 Å². The lowest BCUT2D eigenvalue weighted by Crippen LogP contribution is -2.19. The van der Waals surface area contributed by atoms with E-state index in [1.165, 1.54) is 31.4 Å². The molecule has 27 heavy (non-hydrogen) atoms. The molecule has 3 aromatic rings. The summed E-state index contributed by atoms with van der Waals surface area (Å²) in [4.78, 5) is 16.3. The van der Waals surface area contributed by atoms with Gasteiger partial charge in [0.1, 0.15) is 11.6 Å². The first-order valence-electron chi connectivity index (χ1n) is 8.09. The SMILES string of the molecule is CNC(=O)c1cccc(F)c1Nc1cc(Nc2cn(C)nc2C)ncc1Cl. The van der Waals surface area contributed by atoms with Gasteiger partial charge in [-0.25, -0.2) is 9.37 Å². The largest absolute Gasteiger partial charge is 0.355 e. The molecule has 0 radical (unpaired) electrons. The van der Waals surface area contributed by atoms with Gasteiger partial charge in [0.15, 0.2) is 0 Å². The molecule has 0 saturated carbocycles. The predicted molar refractivity (Wildman–Crippen MR) is 104 cm³/mol. The van der Waals surface area contributed by atoms with Crippen molar-refractivity contribution in [3.63, 3.8) is 0 Å². The molecule has 0 unspecified atom stereocenters. The van der Waals surface area contributed by atoms with Gasteiger partial charge in [-0.15, -0.1) is 0 Å². The van der Waals surface area contributed by atoms with Gasteiger partial charge < -0.3 is 16.0 Å². The maximum absolute atomic E-state index is 14.3. The van der Waals surface area contributed by atoms with Crippen molar-refractivity contribution < 1.29 is 9.18 Å². The summed E-state index contributed by atoms with van der Waals surface area (Å²) < 4.78 is 16.0. The minimum atomic E-state index is -0.568. The van der Waals surface area contributed by atoms with E-state index in [0.717, 1.165) is 11.4 Å². The van der Waals surface area contributed by atoms with E-state index in [4.69, 9.17) is 11.6 Å². The Bertz CT molecular complexity index is 1000. The number of hydrogen-bond acceptors (Lipinski definition) is 5. The van der Waals surface area contributed by atoms with Crippen LogP contribution in [0.15, 0.2) is 36.7 Å². The second kappa shape index (κ2) is 7.63. The van der Waals surface area contributed by atoms with Crippen molar-refractivity contribution >= 4 is 40.4 Å². The van der Waals surface area contributed by atoms with Gasteiger partial charge >= 0.3 is 0 Å². The van der Waals surface area contributed by atoms with E-state index < -0.39 is 11.7 Å². The zero-order valence-electron chi connectivity index (χ0n) is 15.0. The summed E-state index contributed by atoms with van der Waals surface area (Å²) in [5.74, 6) is -0.482. The van der Waals surface area contributed by atoms with Crippen molar-refractivity contribution in [2.45, 2.75) is 6.92 Å². The van der Waals surface area contributed by atoms with Crippen LogP contribution in [-0.4, -0.2) is 27.7 Å². The summed E-state index contributed by atoms with van der Waals surface area (Å²) in [6, 6.07) is 5.89. The molecule has 0 fully saturated rings.